The van der Waals surface area contributed by atoms with Gasteiger partial charge in [-0.05, 0) is 35.9 Å². The number of fused-ring (bicyclic) bond motifs is 1. The number of para-hydroxylation sites is 1. The van der Waals surface area contributed by atoms with E-state index in [0.29, 0.717) is 28.8 Å². The highest BCUT2D eigenvalue weighted by molar-refractivity contribution is 5.93. The number of aromatic nitrogens is 5. The lowest BCUT2D eigenvalue weighted by atomic mass is 10.2. The molecule has 162 valence electrons. The van der Waals surface area contributed by atoms with Crippen molar-refractivity contribution in [3.05, 3.63) is 84.4 Å². The van der Waals surface area contributed by atoms with Crippen LogP contribution in [0, 0.1) is 5.82 Å². The van der Waals surface area contributed by atoms with E-state index in [1.165, 1.54) is 6.07 Å². The highest BCUT2D eigenvalue weighted by Gasteiger charge is 2.20. The van der Waals surface area contributed by atoms with Gasteiger partial charge in [0.05, 0.1) is 12.2 Å². The second-order valence-corrected chi connectivity index (χ2v) is 7.20. The van der Waals surface area contributed by atoms with Crippen LogP contribution in [0.1, 0.15) is 5.56 Å². The summed E-state index contributed by atoms with van der Waals surface area (Å²) < 4.78 is 16.3. The fourth-order valence-electron chi connectivity index (χ4n) is 3.44. The molecule has 0 bridgehead atoms. The van der Waals surface area contributed by atoms with Crippen molar-refractivity contribution in [3.8, 4) is 11.5 Å². The van der Waals surface area contributed by atoms with E-state index >= 15 is 0 Å². The average molecular weight is 439 g/mol. The lowest BCUT2D eigenvalue weighted by Crippen LogP contribution is -2.04. The van der Waals surface area contributed by atoms with Crippen molar-refractivity contribution in [2.75, 3.05) is 11.5 Å². The van der Waals surface area contributed by atoms with Crippen LogP contribution in [0.4, 0.5) is 27.4 Å². The average Bonchev–Trinajstić information content (AvgIpc) is 3.19. The third-order valence-corrected chi connectivity index (χ3v) is 4.97. The lowest BCUT2D eigenvalue weighted by Gasteiger charge is -2.05. The van der Waals surface area contributed by atoms with Gasteiger partial charge in [0.2, 0.25) is 0 Å². The number of nitrogen functional groups attached to an aromatic ring is 2. The van der Waals surface area contributed by atoms with Gasteiger partial charge in [0.1, 0.15) is 17.0 Å². The number of nitrogens with two attached hydrogens (primary N) is 2. The monoisotopic (exact) mass is 439 g/mol. The van der Waals surface area contributed by atoms with Crippen LogP contribution in [0.15, 0.2) is 83.3 Å². The molecule has 3 aromatic heterocycles. The number of hydrogen-bond donors (Lipinski definition) is 2. The van der Waals surface area contributed by atoms with Gasteiger partial charge in [0.25, 0.3) is 0 Å². The van der Waals surface area contributed by atoms with Gasteiger partial charge in [-0.1, -0.05) is 30.3 Å². The van der Waals surface area contributed by atoms with Gasteiger partial charge in [-0.2, -0.15) is 10.2 Å². The first-order valence-corrected chi connectivity index (χ1v) is 10.0. The molecule has 5 aromatic rings. The zero-order valence-electron chi connectivity index (χ0n) is 17.3. The summed E-state index contributed by atoms with van der Waals surface area (Å²) in [6.45, 7) is 0.342. The maximum Gasteiger partial charge on any atom is 0.184 e. The zero-order valence-corrected chi connectivity index (χ0v) is 17.3. The molecular formula is C23H18FN9. The molecule has 0 aliphatic heterocycles. The molecule has 0 unspecified atom stereocenters. The minimum atomic E-state index is -0.408. The molecule has 0 fully saturated rings. The number of anilines is 2. The van der Waals surface area contributed by atoms with E-state index < -0.39 is 5.82 Å². The molecule has 0 aliphatic rings. The summed E-state index contributed by atoms with van der Waals surface area (Å²) in [4.78, 5) is 12.7. The van der Waals surface area contributed by atoms with Gasteiger partial charge in [-0.15, -0.1) is 5.11 Å². The van der Waals surface area contributed by atoms with Crippen molar-refractivity contribution < 1.29 is 4.39 Å². The van der Waals surface area contributed by atoms with Gasteiger partial charge in [0, 0.05) is 17.8 Å². The summed E-state index contributed by atoms with van der Waals surface area (Å²) in [5, 5.41) is 13.4. The van der Waals surface area contributed by atoms with Crippen LogP contribution in [0.2, 0.25) is 0 Å². The summed E-state index contributed by atoms with van der Waals surface area (Å²) in [6.07, 6.45) is 3.34. The Hall–Kier alpha value is -4.73. The summed E-state index contributed by atoms with van der Waals surface area (Å²) in [5.74, 6) is -0.141. The second-order valence-electron chi connectivity index (χ2n) is 7.20. The van der Waals surface area contributed by atoms with Crippen LogP contribution in [0.25, 0.3) is 22.4 Å². The molecule has 0 amide bonds. The van der Waals surface area contributed by atoms with Gasteiger partial charge in [-0.3, -0.25) is 9.67 Å². The number of pyridine rings is 1. The molecule has 0 saturated heterocycles. The highest BCUT2D eigenvalue weighted by Crippen LogP contribution is 2.33. The second kappa shape index (κ2) is 8.42. The van der Waals surface area contributed by atoms with Crippen LogP contribution in [-0.4, -0.2) is 24.7 Å². The highest BCUT2D eigenvalue weighted by atomic mass is 19.1. The molecule has 0 radical (unpaired) electrons. The van der Waals surface area contributed by atoms with Gasteiger partial charge < -0.3 is 11.5 Å². The van der Waals surface area contributed by atoms with E-state index in [0.717, 1.165) is 5.56 Å². The quantitative estimate of drug-likeness (QED) is 0.383. The Labute approximate surface area is 187 Å². The Kier molecular flexibility index (Phi) is 5.15. The van der Waals surface area contributed by atoms with E-state index in [2.05, 4.69) is 30.3 Å². The Morgan fingerprint density at radius 1 is 0.848 bits per heavy atom. The predicted molar refractivity (Wildman–Crippen MR) is 123 cm³/mol. The largest absolute Gasteiger partial charge is 0.382 e. The number of hydrogen-bond acceptors (Lipinski definition) is 8. The Bertz CT molecular complexity index is 1440. The van der Waals surface area contributed by atoms with Crippen LogP contribution in [0.3, 0.4) is 0 Å². The van der Waals surface area contributed by atoms with Crippen molar-refractivity contribution in [3.63, 3.8) is 0 Å². The van der Waals surface area contributed by atoms with E-state index in [-0.39, 0.29) is 23.1 Å². The Morgan fingerprint density at radius 2 is 1.58 bits per heavy atom. The van der Waals surface area contributed by atoms with Crippen molar-refractivity contribution in [2.45, 2.75) is 6.54 Å². The molecule has 3 heterocycles. The normalized spacial score (nSPS) is 11.4. The third-order valence-electron chi connectivity index (χ3n) is 4.97. The number of rotatable bonds is 5. The molecule has 0 spiro atoms. The number of azo groups is 1. The molecule has 4 N–H and O–H groups in total. The van der Waals surface area contributed by atoms with Crippen molar-refractivity contribution in [2.24, 2.45) is 10.2 Å². The number of nitrogens with zero attached hydrogens (tertiary/aromatic N) is 7. The fourth-order valence-corrected chi connectivity index (χ4v) is 3.44. The minimum Gasteiger partial charge on any atom is -0.382 e. The molecule has 0 atom stereocenters. The predicted octanol–water partition coefficient (Wildman–Crippen LogP) is 4.66. The molecule has 0 aliphatic carbocycles. The smallest absolute Gasteiger partial charge is 0.184 e. The number of halogens is 1. The summed E-state index contributed by atoms with van der Waals surface area (Å²) in [6, 6.07) is 17.6. The molecule has 0 saturated carbocycles. The molecular weight excluding hydrogens is 421 g/mol. The minimum absolute atomic E-state index is 0.0467. The summed E-state index contributed by atoms with van der Waals surface area (Å²) >= 11 is 0. The maximum atomic E-state index is 14.8. The van der Waals surface area contributed by atoms with E-state index in [9.17, 15) is 4.39 Å². The van der Waals surface area contributed by atoms with Crippen LogP contribution in [0.5, 0.6) is 0 Å². The number of benzene rings is 2. The lowest BCUT2D eigenvalue weighted by molar-refractivity contribution is 0.616. The molecule has 5 rings (SSSR count). The topological polar surface area (TPSA) is 133 Å². The first-order valence-electron chi connectivity index (χ1n) is 10.0. The Balaban J connectivity index is 1.58. The van der Waals surface area contributed by atoms with E-state index in [1.807, 2.05) is 30.3 Å². The third kappa shape index (κ3) is 3.97. The van der Waals surface area contributed by atoms with Crippen LogP contribution >= 0.6 is 0 Å². The van der Waals surface area contributed by atoms with Gasteiger partial charge in [-0.25, -0.2) is 14.4 Å². The first kappa shape index (κ1) is 20.2. The van der Waals surface area contributed by atoms with Gasteiger partial charge in [0.15, 0.2) is 23.1 Å². The van der Waals surface area contributed by atoms with E-state index in [1.54, 1.807) is 41.3 Å². The molecule has 9 nitrogen and oxygen atoms in total. The maximum absolute atomic E-state index is 14.8. The van der Waals surface area contributed by atoms with E-state index in [4.69, 9.17) is 11.5 Å². The summed E-state index contributed by atoms with van der Waals surface area (Å²) in [7, 11) is 0. The first-order chi connectivity index (χ1) is 16.1. The Morgan fingerprint density at radius 3 is 2.30 bits per heavy atom. The van der Waals surface area contributed by atoms with Crippen LogP contribution in [-0.2, 0) is 6.54 Å². The standard InChI is InChI=1S/C23H18FN9/c24-17-8-4-7-16-18(32-33(20(16)17)13-14-9-11-27-12-10-14)23-28-21(25)19(22(26)29-23)31-30-15-5-2-1-3-6-15/h1-12H,13H2,(H4,25,26,28,29). The molecule has 2 aromatic carbocycles. The van der Waals surface area contributed by atoms with Crippen molar-refractivity contribution in [1.82, 2.24) is 24.7 Å². The SMILES string of the molecule is Nc1nc(-c2nn(Cc3ccncc3)c3c(F)cccc23)nc(N)c1N=Nc1ccccc1. The molecule has 33 heavy (non-hydrogen) atoms. The van der Waals surface area contributed by atoms with Crippen LogP contribution < -0.4 is 11.5 Å². The van der Waals surface area contributed by atoms with Gasteiger partial charge >= 0.3 is 0 Å². The van der Waals surface area contributed by atoms with Crippen molar-refractivity contribution >= 4 is 33.9 Å². The van der Waals surface area contributed by atoms with Crippen molar-refractivity contribution in [1.29, 1.82) is 0 Å². The molecule has 10 heteroatoms. The zero-order chi connectivity index (χ0) is 22.8. The summed E-state index contributed by atoms with van der Waals surface area (Å²) in [5.41, 5.74) is 14.7. The fraction of sp³-hybridized carbons (Fsp3) is 0.0435.